The van der Waals surface area contributed by atoms with Gasteiger partial charge in [0.2, 0.25) is 0 Å². The van der Waals surface area contributed by atoms with Gasteiger partial charge in [-0.1, -0.05) is 0 Å². The molecule has 1 fully saturated rings. The first-order valence-corrected chi connectivity index (χ1v) is 9.56. The van der Waals surface area contributed by atoms with Crippen LogP contribution in [0, 0.1) is 12.7 Å². The van der Waals surface area contributed by atoms with Crippen molar-refractivity contribution in [2.24, 2.45) is 0 Å². The molecule has 0 bridgehead atoms. The van der Waals surface area contributed by atoms with E-state index in [1.807, 2.05) is 0 Å². The molecule has 1 aliphatic heterocycles. The van der Waals surface area contributed by atoms with Gasteiger partial charge in [-0.05, 0) is 73.1 Å². The number of carbonyl (C=O) groups is 3. The molecule has 1 aliphatic rings. The van der Waals surface area contributed by atoms with Gasteiger partial charge in [0, 0.05) is 12.6 Å². The lowest BCUT2D eigenvalue weighted by Gasteiger charge is -2.20. The Bertz CT molecular complexity index is 847. The molecule has 0 spiro atoms. The van der Waals surface area contributed by atoms with Gasteiger partial charge in [-0.25, -0.2) is 9.18 Å². The van der Waals surface area contributed by atoms with Crippen molar-refractivity contribution >= 4 is 50.9 Å². The van der Waals surface area contributed by atoms with Crippen LogP contribution in [0.4, 0.5) is 9.18 Å². The summed E-state index contributed by atoms with van der Waals surface area (Å²) in [7, 11) is 1.37. The summed E-state index contributed by atoms with van der Waals surface area (Å²) >= 11 is 3.92. The Kier molecular flexibility index (Phi) is 6.36. The number of imide groups is 1. The second kappa shape index (κ2) is 8.02. The number of thioether (sulfide) groups is 1. The minimum Gasteiger partial charge on any atom is -0.481 e. The molecule has 0 radical (unpaired) electrons. The van der Waals surface area contributed by atoms with Gasteiger partial charge >= 0.3 is 5.97 Å². The molecule has 0 aliphatic carbocycles. The van der Waals surface area contributed by atoms with Crippen LogP contribution in [-0.2, 0) is 14.3 Å². The van der Waals surface area contributed by atoms with E-state index in [9.17, 15) is 18.8 Å². The monoisotopic (exact) mass is 459 g/mol. The topological polar surface area (TPSA) is 72.9 Å². The first-order valence-electron chi connectivity index (χ1n) is 7.95. The minimum atomic E-state index is -0.658. The highest BCUT2D eigenvalue weighted by Crippen LogP contribution is 2.36. The van der Waals surface area contributed by atoms with Gasteiger partial charge in [-0.15, -0.1) is 0 Å². The van der Waals surface area contributed by atoms with Gasteiger partial charge in [0.15, 0.2) is 6.61 Å². The third-order valence-electron chi connectivity index (χ3n) is 3.47. The van der Waals surface area contributed by atoms with E-state index in [1.165, 1.54) is 26.1 Å². The van der Waals surface area contributed by atoms with Crippen LogP contribution in [-0.4, -0.2) is 41.3 Å². The number of nitrogens with zero attached hydrogens (tertiary/aromatic N) is 1. The van der Waals surface area contributed by atoms with E-state index >= 15 is 0 Å². The van der Waals surface area contributed by atoms with E-state index in [2.05, 4.69) is 15.9 Å². The normalized spacial score (nSPS) is 16.3. The van der Waals surface area contributed by atoms with E-state index in [0.29, 0.717) is 5.56 Å². The number of hydrogen-bond donors (Lipinski definition) is 0. The lowest BCUT2D eigenvalue weighted by Crippen LogP contribution is -2.27. The van der Waals surface area contributed by atoms with E-state index in [1.54, 1.807) is 20.8 Å². The number of esters is 1. The maximum Gasteiger partial charge on any atom is 0.344 e. The van der Waals surface area contributed by atoms with Crippen LogP contribution in [0.3, 0.4) is 0 Å². The summed E-state index contributed by atoms with van der Waals surface area (Å²) < 4.78 is 25.2. The predicted octanol–water partition coefficient (Wildman–Crippen LogP) is 4.28. The number of benzene rings is 1. The lowest BCUT2D eigenvalue weighted by atomic mass is 10.1. The van der Waals surface area contributed by atoms with E-state index in [4.69, 9.17) is 9.47 Å². The highest BCUT2D eigenvalue weighted by molar-refractivity contribution is 9.10. The number of amides is 2. The molecule has 9 heteroatoms. The van der Waals surface area contributed by atoms with Crippen molar-refractivity contribution in [3.8, 4) is 5.75 Å². The fourth-order valence-corrected chi connectivity index (χ4v) is 3.51. The second-order valence-electron chi connectivity index (χ2n) is 6.83. The van der Waals surface area contributed by atoms with Crippen LogP contribution in [0.5, 0.6) is 5.75 Å². The summed E-state index contributed by atoms with van der Waals surface area (Å²) in [6.07, 6.45) is 1.40. The third kappa shape index (κ3) is 5.10. The minimum absolute atomic E-state index is 0.132. The standard InChI is InChI=1S/C18H19BrFNO5S/c1-9-11(25-8-13(22)26-18(2,3)4)6-10(14(19)15(9)20)7-12-16(23)21(5)17(24)27-12/h6-7H,8H2,1-5H3/b12-7-. The Morgan fingerprint density at radius 1 is 1.37 bits per heavy atom. The van der Waals surface area contributed by atoms with Crippen LogP contribution < -0.4 is 4.74 Å². The number of likely N-dealkylation sites (N-methyl/N-ethyl adjacent to an activating group) is 1. The molecule has 6 nitrogen and oxygen atoms in total. The maximum absolute atomic E-state index is 14.5. The molecule has 0 atom stereocenters. The summed E-state index contributed by atoms with van der Waals surface area (Å²) in [5.41, 5.74) is -0.142. The lowest BCUT2D eigenvalue weighted by molar-refractivity contribution is -0.157. The molecular weight excluding hydrogens is 441 g/mol. The van der Waals surface area contributed by atoms with Crippen molar-refractivity contribution in [3.63, 3.8) is 0 Å². The zero-order chi connectivity index (χ0) is 20.5. The van der Waals surface area contributed by atoms with Crippen molar-refractivity contribution in [2.75, 3.05) is 13.7 Å². The quantitative estimate of drug-likeness (QED) is 0.494. The molecule has 1 aromatic rings. The van der Waals surface area contributed by atoms with Crippen LogP contribution in [0.25, 0.3) is 6.08 Å². The molecule has 27 heavy (non-hydrogen) atoms. The first-order chi connectivity index (χ1) is 12.4. The number of carbonyl (C=O) groups excluding carboxylic acids is 3. The Balaban J connectivity index is 2.29. The molecule has 0 aromatic heterocycles. The smallest absolute Gasteiger partial charge is 0.344 e. The molecular formula is C18H19BrFNO5S. The van der Waals surface area contributed by atoms with Crippen LogP contribution in [0.15, 0.2) is 15.4 Å². The predicted molar refractivity (Wildman–Crippen MR) is 104 cm³/mol. The number of hydrogen-bond acceptors (Lipinski definition) is 6. The van der Waals surface area contributed by atoms with Gasteiger partial charge in [-0.3, -0.25) is 14.5 Å². The summed E-state index contributed by atoms with van der Waals surface area (Å²) in [6.45, 7) is 6.31. The molecule has 2 amide bonds. The maximum atomic E-state index is 14.5. The van der Waals surface area contributed by atoms with Crippen molar-refractivity contribution in [1.82, 2.24) is 4.90 Å². The average molecular weight is 460 g/mol. The molecule has 2 rings (SSSR count). The summed E-state index contributed by atoms with van der Waals surface area (Å²) in [4.78, 5) is 36.6. The van der Waals surface area contributed by atoms with Crippen LogP contribution in [0.2, 0.25) is 0 Å². The summed E-state index contributed by atoms with van der Waals surface area (Å²) in [6, 6.07) is 1.50. The number of ether oxygens (including phenoxy) is 2. The van der Waals surface area contributed by atoms with Crippen molar-refractivity contribution in [1.29, 1.82) is 0 Å². The number of halogens is 2. The molecule has 1 saturated heterocycles. The van der Waals surface area contributed by atoms with Crippen molar-refractivity contribution in [2.45, 2.75) is 33.3 Å². The van der Waals surface area contributed by atoms with Crippen LogP contribution >= 0.6 is 27.7 Å². The molecule has 0 N–H and O–H groups in total. The summed E-state index contributed by atoms with van der Waals surface area (Å²) in [5, 5.41) is -0.406. The highest BCUT2D eigenvalue weighted by atomic mass is 79.9. The number of rotatable bonds is 4. The zero-order valence-electron chi connectivity index (χ0n) is 15.5. The SMILES string of the molecule is Cc1c(OCC(=O)OC(C)(C)C)cc(/C=C2\SC(=O)N(C)C2=O)c(Br)c1F. The fraction of sp³-hybridized carbons (Fsp3) is 0.389. The Morgan fingerprint density at radius 3 is 2.52 bits per heavy atom. The summed E-state index contributed by atoms with van der Waals surface area (Å²) in [5.74, 6) is -1.49. The Morgan fingerprint density at radius 2 is 2.00 bits per heavy atom. The van der Waals surface area contributed by atoms with Gasteiger partial charge in [0.1, 0.15) is 17.2 Å². The van der Waals surface area contributed by atoms with E-state index < -0.39 is 28.5 Å². The highest BCUT2D eigenvalue weighted by Gasteiger charge is 2.32. The van der Waals surface area contributed by atoms with E-state index in [0.717, 1.165) is 16.7 Å². The molecule has 1 heterocycles. The largest absolute Gasteiger partial charge is 0.481 e. The Labute approximate surface area is 169 Å². The second-order valence-corrected chi connectivity index (χ2v) is 8.62. The van der Waals surface area contributed by atoms with Gasteiger partial charge in [-0.2, -0.15) is 0 Å². The first kappa shape index (κ1) is 21.4. The van der Waals surface area contributed by atoms with Crippen LogP contribution in [0.1, 0.15) is 31.9 Å². The van der Waals surface area contributed by atoms with Crippen molar-refractivity contribution < 1.29 is 28.2 Å². The Hall–Kier alpha value is -1.87. The zero-order valence-corrected chi connectivity index (χ0v) is 17.9. The van der Waals surface area contributed by atoms with E-state index in [-0.39, 0.29) is 27.3 Å². The van der Waals surface area contributed by atoms with Crippen molar-refractivity contribution in [3.05, 3.63) is 32.4 Å². The van der Waals surface area contributed by atoms with Gasteiger partial charge < -0.3 is 9.47 Å². The average Bonchev–Trinajstić information content (AvgIpc) is 2.79. The van der Waals surface area contributed by atoms with Gasteiger partial charge in [0.05, 0.1) is 9.38 Å². The molecule has 0 saturated carbocycles. The van der Waals surface area contributed by atoms with Gasteiger partial charge in [0.25, 0.3) is 11.1 Å². The molecule has 0 unspecified atom stereocenters. The fourth-order valence-electron chi connectivity index (χ4n) is 2.16. The molecule has 146 valence electrons. The third-order valence-corrected chi connectivity index (χ3v) is 5.24. The molecule has 1 aromatic carbocycles.